The summed E-state index contributed by atoms with van der Waals surface area (Å²) in [6.45, 7) is 0.870. The Morgan fingerprint density at radius 1 is 1.52 bits per heavy atom. The molecule has 0 aliphatic rings. The molecule has 0 fully saturated rings. The fourth-order valence-electron chi connectivity index (χ4n) is 1.60. The summed E-state index contributed by atoms with van der Waals surface area (Å²) in [6.07, 6.45) is 2.83. The highest BCUT2D eigenvalue weighted by Gasteiger charge is 2.18. The average molecular weight is 337 g/mol. The van der Waals surface area contributed by atoms with E-state index in [0.29, 0.717) is 18.9 Å². The molecule has 1 aromatic rings. The molecule has 0 bridgehead atoms. The summed E-state index contributed by atoms with van der Waals surface area (Å²) < 4.78 is 40.0. The van der Waals surface area contributed by atoms with Crippen LogP contribution in [0.3, 0.4) is 0 Å². The zero-order valence-electron chi connectivity index (χ0n) is 11.9. The first-order valence-corrected chi connectivity index (χ1v) is 9.33. The van der Waals surface area contributed by atoms with Crippen LogP contribution in [0.2, 0.25) is 0 Å². The molecule has 3 N–H and O–H groups in total. The van der Waals surface area contributed by atoms with E-state index < -0.39 is 26.7 Å². The topological polar surface area (TPSA) is 120 Å². The number of primary sulfonamides is 1. The highest BCUT2D eigenvalue weighted by molar-refractivity contribution is 7.89. The Morgan fingerprint density at radius 3 is 2.71 bits per heavy atom. The van der Waals surface area contributed by atoms with Crippen molar-refractivity contribution in [3.8, 4) is 0 Å². The van der Waals surface area contributed by atoms with Gasteiger partial charge in [-0.05, 0) is 6.07 Å². The molecular weight excluding hydrogens is 318 g/mol. The molecule has 0 saturated heterocycles. The van der Waals surface area contributed by atoms with Gasteiger partial charge in [-0.2, -0.15) is 0 Å². The second-order valence-corrected chi connectivity index (χ2v) is 7.44. The van der Waals surface area contributed by atoms with Crippen LogP contribution in [0, 0.1) is 0 Å². The molecule has 0 radical (unpaired) electrons. The van der Waals surface area contributed by atoms with Crippen molar-refractivity contribution < 1.29 is 22.2 Å². The lowest BCUT2D eigenvalue weighted by molar-refractivity contribution is 0.0944. The van der Waals surface area contributed by atoms with E-state index in [-0.39, 0.29) is 17.1 Å². The fraction of sp³-hybridized carbons (Fsp3) is 0.545. The third-order valence-electron chi connectivity index (χ3n) is 2.64. The monoisotopic (exact) mass is 337 g/mol. The Kier molecular flexibility index (Phi) is 6.52. The van der Waals surface area contributed by atoms with Gasteiger partial charge in [-0.15, -0.1) is 0 Å². The Labute approximate surface area is 126 Å². The van der Waals surface area contributed by atoms with E-state index in [0.717, 1.165) is 0 Å². The van der Waals surface area contributed by atoms with Crippen LogP contribution in [0.4, 0.5) is 0 Å². The molecule has 0 aliphatic carbocycles. The lowest BCUT2D eigenvalue weighted by Gasteiger charge is -2.08. The summed E-state index contributed by atoms with van der Waals surface area (Å²) in [5.41, 5.74) is 0.165. The van der Waals surface area contributed by atoms with Gasteiger partial charge in [0.25, 0.3) is 5.91 Å². The van der Waals surface area contributed by atoms with E-state index in [4.69, 9.17) is 9.88 Å². The predicted molar refractivity (Wildman–Crippen MR) is 78.9 cm³/mol. The van der Waals surface area contributed by atoms with Crippen molar-refractivity contribution >= 4 is 26.7 Å². The summed E-state index contributed by atoms with van der Waals surface area (Å²) in [4.78, 5) is 11.9. The number of carbonyl (C=O) groups is 1. The molecule has 0 aliphatic heterocycles. The van der Waals surface area contributed by atoms with Gasteiger partial charge in [0.1, 0.15) is 10.6 Å². The summed E-state index contributed by atoms with van der Waals surface area (Å²) in [7, 11) is -3.40. The molecule has 1 aromatic heterocycles. The van der Waals surface area contributed by atoms with Gasteiger partial charge in [0.2, 0.25) is 10.0 Å². The van der Waals surface area contributed by atoms with E-state index in [1.807, 2.05) is 0 Å². The van der Waals surface area contributed by atoms with Crippen LogP contribution in [0.15, 0.2) is 17.2 Å². The van der Waals surface area contributed by atoms with Crippen LogP contribution in [-0.2, 0) is 32.1 Å². The molecule has 0 spiro atoms. The first-order valence-electron chi connectivity index (χ1n) is 6.06. The first kappa shape index (κ1) is 17.8. The number of carbonyl (C=O) groups excluding carboxylic acids is 1. The van der Waals surface area contributed by atoms with E-state index in [1.54, 1.807) is 0 Å². The van der Waals surface area contributed by atoms with Gasteiger partial charge >= 0.3 is 0 Å². The lowest BCUT2D eigenvalue weighted by Crippen LogP contribution is -2.29. The number of nitrogens with one attached hydrogen (secondary N) is 1. The summed E-state index contributed by atoms with van der Waals surface area (Å²) in [6, 6.07) is 1.21. The van der Waals surface area contributed by atoms with Crippen LogP contribution >= 0.6 is 0 Å². The molecular formula is C11H19N3O5S2. The number of sulfonamides is 1. The van der Waals surface area contributed by atoms with Crippen LogP contribution in [0.1, 0.15) is 10.5 Å². The van der Waals surface area contributed by atoms with E-state index in [9.17, 15) is 17.4 Å². The molecule has 120 valence electrons. The van der Waals surface area contributed by atoms with Crippen molar-refractivity contribution in [1.82, 2.24) is 9.88 Å². The third-order valence-corrected chi connectivity index (χ3v) is 4.30. The third kappa shape index (κ3) is 5.58. The largest absolute Gasteiger partial charge is 0.383 e. The molecule has 0 saturated carbocycles. The van der Waals surface area contributed by atoms with E-state index in [2.05, 4.69) is 5.32 Å². The van der Waals surface area contributed by atoms with Gasteiger partial charge in [-0.1, -0.05) is 0 Å². The number of nitrogens with zero attached hydrogens (tertiary/aromatic N) is 1. The molecule has 1 heterocycles. The van der Waals surface area contributed by atoms with Gasteiger partial charge in [0.05, 0.1) is 6.61 Å². The minimum atomic E-state index is -3.89. The van der Waals surface area contributed by atoms with Crippen molar-refractivity contribution in [2.45, 2.75) is 11.4 Å². The second kappa shape index (κ2) is 7.69. The summed E-state index contributed by atoms with van der Waals surface area (Å²) in [5.74, 6) is -0.126. The SMILES string of the molecule is COCCn1cc(S(N)(=O)=O)cc1C(=O)NCCS(C)=O. The Bertz CT molecular complexity index is 624. The van der Waals surface area contributed by atoms with Gasteiger partial charge in [0, 0.05) is 49.2 Å². The van der Waals surface area contributed by atoms with E-state index in [1.165, 1.54) is 30.2 Å². The second-order valence-electron chi connectivity index (χ2n) is 4.33. The van der Waals surface area contributed by atoms with Crippen molar-refractivity contribution in [3.63, 3.8) is 0 Å². The standard InChI is InChI=1S/C11H19N3O5S2/c1-19-5-4-14-8-9(21(12,17)18)7-10(14)11(15)13-3-6-20(2)16/h7-8H,3-6H2,1-2H3,(H,13,15)(H2,12,17,18). The first-order chi connectivity index (χ1) is 9.75. The number of rotatable bonds is 8. The zero-order valence-corrected chi connectivity index (χ0v) is 13.5. The molecule has 1 rings (SSSR count). The normalized spacial score (nSPS) is 13.1. The van der Waals surface area contributed by atoms with Crippen molar-refractivity contribution in [1.29, 1.82) is 0 Å². The number of hydrogen-bond donors (Lipinski definition) is 2. The molecule has 10 heteroatoms. The number of amides is 1. The molecule has 8 nitrogen and oxygen atoms in total. The van der Waals surface area contributed by atoms with Gasteiger partial charge in [-0.25, -0.2) is 13.6 Å². The summed E-state index contributed by atoms with van der Waals surface area (Å²) in [5, 5.41) is 7.65. The van der Waals surface area contributed by atoms with Crippen molar-refractivity contribution in [3.05, 3.63) is 18.0 Å². The van der Waals surface area contributed by atoms with Gasteiger partial charge in [0.15, 0.2) is 0 Å². The maximum atomic E-state index is 12.0. The minimum absolute atomic E-state index is 0.136. The van der Waals surface area contributed by atoms with Crippen LogP contribution in [-0.4, -0.2) is 55.4 Å². The number of nitrogens with two attached hydrogens (primary N) is 1. The quantitative estimate of drug-likeness (QED) is 0.623. The van der Waals surface area contributed by atoms with Crippen molar-refractivity contribution in [2.75, 3.05) is 32.3 Å². The predicted octanol–water partition coefficient (Wildman–Crippen LogP) is -1.11. The van der Waals surface area contributed by atoms with Crippen LogP contribution < -0.4 is 10.5 Å². The lowest BCUT2D eigenvalue weighted by atomic mass is 10.4. The highest BCUT2D eigenvalue weighted by atomic mass is 32.2. The average Bonchev–Trinajstić information content (AvgIpc) is 2.79. The molecule has 21 heavy (non-hydrogen) atoms. The molecule has 0 aromatic carbocycles. The maximum absolute atomic E-state index is 12.0. The number of ether oxygens (including phenoxy) is 1. The Balaban J connectivity index is 2.94. The number of methoxy groups -OCH3 is 1. The van der Waals surface area contributed by atoms with Crippen molar-refractivity contribution in [2.24, 2.45) is 5.14 Å². The maximum Gasteiger partial charge on any atom is 0.267 e. The number of hydrogen-bond acceptors (Lipinski definition) is 5. The Hall–Kier alpha value is -1.23. The minimum Gasteiger partial charge on any atom is -0.383 e. The number of aromatic nitrogens is 1. The molecule has 1 atom stereocenters. The fourth-order valence-corrected chi connectivity index (χ4v) is 2.54. The zero-order chi connectivity index (χ0) is 16.0. The Morgan fingerprint density at radius 2 is 2.19 bits per heavy atom. The van der Waals surface area contributed by atoms with Crippen LogP contribution in [0.25, 0.3) is 0 Å². The molecule has 1 unspecified atom stereocenters. The van der Waals surface area contributed by atoms with Crippen LogP contribution in [0.5, 0.6) is 0 Å². The summed E-state index contributed by atoms with van der Waals surface area (Å²) >= 11 is 0. The van der Waals surface area contributed by atoms with Gasteiger partial charge in [-0.3, -0.25) is 9.00 Å². The highest BCUT2D eigenvalue weighted by Crippen LogP contribution is 2.13. The van der Waals surface area contributed by atoms with E-state index >= 15 is 0 Å². The molecule has 1 amide bonds. The van der Waals surface area contributed by atoms with Gasteiger partial charge < -0.3 is 14.6 Å². The smallest absolute Gasteiger partial charge is 0.267 e.